The first-order valence-corrected chi connectivity index (χ1v) is 11.2. The van der Waals surface area contributed by atoms with Crippen LogP contribution in [0, 0.1) is 17.5 Å². The molecule has 176 valence electrons. The number of carbonyl (C=O) groups is 2. The average molecular weight is 502 g/mol. The molecule has 2 heterocycles. The van der Waals surface area contributed by atoms with Crippen molar-refractivity contribution in [3.8, 4) is 0 Å². The molecule has 0 aliphatic carbocycles. The number of carbonyl (C=O) groups excluding carboxylic acids is 2. The van der Waals surface area contributed by atoms with Gasteiger partial charge in [0.15, 0.2) is 28.8 Å². The molecule has 6 nitrogen and oxygen atoms in total. The minimum atomic E-state index is -1.62. The molecule has 4 rings (SSSR count). The Morgan fingerprint density at radius 2 is 1.82 bits per heavy atom. The molecule has 2 aliphatic heterocycles. The lowest BCUT2D eigenvalue weighted by Crippen LogP contribution is -2.41. The van der Waals surface area contributed by atoms with Gasteiger partial charge in [-0.3, -0.25) is 4.79 Å². The summed E-state index contributed by atoms with van der Waals surface area (Å²) in [7, 11) is 0. The Labute approximate surface area is 196 Å². The number of ether oxygens (including phenoxy) is 3. The highest BCUT2D eigenvalue weighted by Crippen LogP contribution is 2.45. The third-order valence-corrected chi connectivity index (χ3v) is 6.84. The topological polar surface area (TPSA) is 73.9 Å². The Morgan fingerprint density at radius 3 is 2.48 bits per heavy atom. The average Bonchev–Trinajstić information content (AvgIpc) is 3.11. The summed E-state index contributed by atoms with van der Waals surface area (Å²) in [4.78, 5) is 25.4. The maximum absolute atomic E-state index is 13.4. The van der Waals surface area contributed by atoms with Crippen molar-refractivity contribution in [2.75, 3.05) is 11.1 Å². The summed E-state index contributed by atoms with van der Waals surface area (Å²) in [5.41, 5.74) is -1.29. The molecule has 2 saturated heterocycles. The third kappa shape index (κ3) is 4.57. The molecule has 0 radical (unpaired) electrons. The number of halogens is 4. The molecule has 2 aromatic rings. The Bertz CT molecular complexity index is 1120. The first-order chi connectivity index (χ1) is 15.4. The van der Waals surface area contributed by atoms with Crippen LogP contribution in [0.1, 0.15) is 31.1 Å². The van der Waals surface area contributed by atoms with Gasteiger partial charge in [0, 0.05) is 34.0 Å². The number of esters is 1. The maximum Gasteiger partial charge on any atom is 0.341 e. The molecule has 2 fully saturated rings. The highest BCUT2D eigenvalue weighted by Gasteiger charge is 2.64. The van der Waals surface area contributed by atoms with E-state index in [1.165, 1.54) is 30.0 Å². The zero-order valence-corrected chi connectivity index (χ0v) is 19.3. The van der Waals surface area contributed by atoms with Gasteiger partial charge in [0.1, 0.15) is 12.2 Å². The Balaban J connectivity index is 1.47. The zero-order chi connectivity index (χ0) is 24.1. The summed E-state index contributed by atoms with van der Waals surface area (Å²) in [6.07, 6.45) is -1.21. The number of hydrogen-bond donors (Lipinski definition) is 1. The summed E-state index contributed by atoms with van der Waals surface area (Å²) >= 11 is 7.51. The van der Waals surface area contributed by atoms with Gasteiger partial charge < -0.3 is 19.5 Å². The van der Waals surface area contributed by atoms with E-state index in [0.717, 1.165) is 0 Å². The standard InChI is InChI=1S/C22H19ClF3NO5S/c1-21(2)31-18-15(30-20(29)22(18,3)32-21)9-33-16-6-10(4-5-12(16)23)19(28)27-11-7-13(24)17(26)14(25)8-11/h4-8,15,18H,9H2,1-3H3,(H,27,28)/t15?,18-,22-/m1/s1. The number of fused-ring (bicyclic) bond motifs is 1. The van der Waals surface area contributed by atoms with E-state index in [1.807, 2.05) is 0 Å². The monoisotopic (exact) mass is 501 g/mol. The molecule has 3 atom stereocenters. The summed E-state index contributed by atoms with van der Waals surface area (Å²) in [6.45, 7) is 5.05. The minimum absolute atomic E-state index is 0.155. The first-order valence-electron chi connectivity index (χ1n) is 9.87. The predicted octanol–water partition coefficient (Wildman–Crippen LogP) is 4.94. The summed E-state index contributed by atoms with van der Waals surface area (Å²) in [5.74, 6) is -6.30. The van der Waals surface area contributed by atoms with E-state index in [1.54, 1.807) is 20.8 Å². The number of hydrogen-bond acceptors (Lipinski definition) is 6. The smallest absolute Gasteiger partial charge is 0.341 e. The van der Waals surface area contributed by atoms with E-state index >= 15 is 0 Å². The van der Waals surface area contributed by atoms with Crippen molar-refractivity contribution < 1.29 is 37.0 Å². The normalized spacial score (nSPS) is 25.6. The quantitative estimate of drug-likeness (QED) is 0.355. The van der Waals surface area contributed by atoms with Crippen molar-refractivity contribution in [2.24, 2.45) is 0 Å². The van der Waals surface area contributed by atoms with Gasteiger partial charge in [-0.05, 0) is 39.0 Å². The van der Waals surface area contributed by atoms with Crippen molar-refractivity contribution in [3.05, 3.63) is 58.4 Å². The molecule has 11 heteroatoms. The van der Waals surface area contributed by atoms with Crippen molar-refractivity contribution >= 4 is 40.9 Å². The van der Waals surface area contributed by atoms with Crippen molar-refractivity contribution in [1.82, 2.24) is 0 Å². The predicted molar refractivity (Wildman–Crippen MR) is 115 cm³/mol. The second kappa shape index (κ2) is 8.50. The molecule has 0 saturated carbocycles. The van der Waals surface area contributed by atoms with Crippen LogP contribution in [0.25, 0.3) is 0 Å². The van der Waals surface area contributed by atoms with E-state index in [9.17, 15) is 22.8 Å². The van der Waals surface area contributed by atoms with Crippen LogP contribution in [0.5, 0.6) is 0 Å². The number of benzene rings is 2. The molecule has 33 heavy (non-hydrogen) atoms. The molecule has 0 aromatic heterocycles. The van der Waals surface area contributed by atoms with E-state index in [-0.39, 0.29) is 17.0 Å². The Morgan fingerprint density at radius 1 is 1.15 bits per heavy atom. The molecular weight excluding hydrogens is 483 g/mol. The number of rotatable bonds is 5. The van der Waals surface area contributed by atoms with Crippen LogP contribution in [0.2, 0.25) is 5.02 Å². The van der Waals surface area contributed by atoms with Gasteiger partial charge in [-0.25, -0.2) is 18.0 Å². The fourth-order valence-corrected chi connectivity index (χ4v) is 5.08. The summed E-state index contributed by atoms with van der Waals surface area (Å²) in [5, 5.41) is 2.67. The largest absolute Gasteiger partial charge is 0.456 e. The Kier molecular flexibility index (Phi) is 6.15. The zero-order valence-electron chi connectivity index (χ0n) is 17.7. The van der Waals surface area contributed by atoms with Crippen molar-refractivity contribution in [1.29, 1.82) is 0 Å². The fourth-order valence-electron chi connectivity index (χ4n) is 3.80. The molecule has 1 N–H and O–H groups in total. The van der Waals surface area contributed by atoms with Crippen molar-refractivity contribution in [2.45, 2.75) is 49.3 Å². The lowest BCUT2D eigenvalue weighted by molar-refractivity contribution is -0.195. The van der Waals surface area contributed by atoms with E-state index in [2.05, 4.69) is 5.32 Å². The summed E-state index contributed by atoms with van der Waals surface area (Å²) < 4.78 is 57.0. The van der Waals surface area contributed by atoms with Crippen LogP contribution in [0.15, 0.2) is 35.2 Å². The van der Waals surface area contributed by atoms with Gasteiger partial charge in [0.2, 0.25) is 0 Å². The number of nitrogens with one attached hydrogen (secondary N) is 1. The molecule has 0 bridgehead atoms. The molecule has 1 amide bonds. The van der Waals surface area contributed by atoms with E-state index in [0.29, 0.717) is 22.1 Å². The molecule has 0 spiro atoms. The van der Waals surface area contributed by atoms with Gasteiger partial charge in [-0.15, -0.1) is 11.8 Å². The highest BCUT2D eigenvalue weighted by atomic mass is 35.5. The first kappa shape index (κ1) is 23.9. The minimum Gasteiger partial charge on any atom is -0.456 e. The van der Waals surface area contributed by atoms with Crippen LogP contribution < -0.4 is 5.32 Å². The van der Waals surface area contributed by atoms with Crippen molar-refractivity contribution in [3.63, 3.8) is 0 Å². The molecule has 2 aliphatic rings. The van der Waals surface area contributed by atoms with Crippen LogP contribution in [-0.2, 0) is 19.0 Å². The van der Waals surface area contributed by atoms with Gasteiger partial charge >= 0.3 is 5.97 Å². The van der Waals surface area contributed by atoms with Gasteiger partial charge in [0.25, 0.3) is 5.91 Å². The van der Waals surface area contributed by atoms with Gasteiger partial charge in [-0.2, -0.15) is 0 Å². The highest BCUT2D eigenvalue weighted by molar-refractivity contribution is 7.99. The van der Waals surface area contributed by atoms with E-state index < -0.39 is 52.9 Å². The van der Waals surface area contributed by atoms with Gasteiger partial charge in [0.05, 0.1) is 5.02 Å². The number of anilines is 1. The lowest BCUT2D eigenvalue weighted by atomic mass is 9.99. The molecular formula is C22H19ClF3NO5S. The number of amides is 1. The second-order valence-electron chi connectivity index (χ2n) is 8.26. The SMILES string of the molecule is CC1(C)O[C@@H]2C(CSc3cc(C(=O)Nc4cc(F)c(F)c(F)c4)ccc3Cl)OC(=O)[C@]2(C)O1. The molecule has 2 aromatic carbocycles. The molecule has 1 unspecified atom stereocenters. The van der Waals surface area contributed by atoms with Crippen LogP contribution >= 0.6 is 23.4 Å². The van der Waals surface area contributed by atoms with Gasteiger partial charge in [-0.1, -0.05) is 11.6 Å². The Hall–Kier alpha value is -2.27. The fraction of sp³-hybridized carbons (Fsp3) is 0.364. The van der Waals surface area contributed by atoms with Crippen LogP contribution in [0.3, 0.4) is 0 Å². The second-order valence-corrected chi connectivity index (χ2v) is 9.72. The lowest BCUT2D eigenvalue weighted by Gasteiger charge is -2.21. The number of cyclic esters (lactones) is 1. The summed E-state index contributed by atoms with van der Waals surface area (Å²) in [6, 6.07) is 5.77. The van der Waals surface area contributed by atoms with E-state index in [4.69, 9.17) is 25.8 Å². The van der Waals surface area contributed by atoms with Crippen LogP contribution in [-0.4, -0.2) is 41.2 Å². The number of thioether (sulfide) groups is 1. The maximum atomic E-state index is 13.4. The third-order valence-electron chi connectivity index (χ3n) is 5.25. The van der Waals surface area contributed by atoms with Crippen LogP contribution in [0.4, 0.5) is 18.9 Å².